The Morgan fingerprint density at radius 1 is 0.468 bits per heavy atom. The molecule has 0 bridgehead atoms. The fraction of sp³-hybridized carbons (Fsp3) is 0.364. The minimum atomic E-state index is 0.211. The van der Waals surface area contributed by atoms with Crippen molar-refractivity contribution in [1.29, 1.82) is 0 Å². The number of ether oxygens (including phenoxy) is 1. The van der Waals surface area contributed by atoms with Gasteiger partial charge < -0.3 is 19.4 Å². The molecule has 0 aliphatic rings. The topological polar surface area (TPSA) is 76.0 Å². The molecule has 0 saturated heterocycles. The molecule has 8 aromatic carbocycles. The van der Waals surface area contributed by atoms with E-state index in [9.17, 15) is 5.11 Å². The summed E-state index contributed by atoms with van der Waals surface area (Å²) >= 11 is 18.1. The van der Waals surface area contributed by atoms with Crippen molar-refractivity contribution in [1.82, 2.24) is 19.5 Å². The van der Waals surface area contributed by atoms with Gasteiger partial charge in [-0.1, -0.05) is 245 Å². The van der Waals surface area contributed by atoms with E-state index in [0.29, 0.717) is 11.4 Å². The maximum atomic E-state index is 10.2. The van der Waals surface area contributed by atoms with Crippen molar-refractivity contribution in [2.75, 3.05) is 11.9 Å². The van der Waals surface area contributed by atoms with E-state index >= 15 is 0 Å². The standard InChI is InChI=1S/C37H44Br2N2O.C21H12Br2N2O.C8H17Br/c1-3-5-7-9-11-15-23-41-36-33-26-28(39)20-22-30(33)29-21-19-27(38)25-32(29)35(36)40-37(41)31-17-13-14-18-34(31)42-24-16-12-10-8-6-4-2;22-11-5-7-13-14-8-6-12(23)10-17(14)20-19(16(13)9-11)24-21(25-20)15-3-1-2-4-18(15)26;1-2-3-4-5-6-7-8-9/h13-14,17-22,25-26H,3-12,15-16,23-24H2,1-2H3;1-10,26H,(H,24,25);2-8H2,1H3. The van der Waals surface area contributed by atoms with Crippen LogP contribution >= 0.6 is 79.6 Å². The number of aromatic nitrogens is 4. The smallest absolute Gasteiger partial charge is 0.144 e. The monoisotopic (exact) mass is 1350 g/mol. The molecular weight excluding hydrogens is 1280 g/mol. The number of halogens is 5. The quantitative estimate of drug-likeness (QED) is 0.0380. The Balaban J connectivity index is 0.000000189. The van der Waals surface area contributed by atoms with Crippen LogP contribution in [0.15, 0.2) is 139 Å². The van der Waals surface area contributed by atoms with E-state index < -0.39 is 0 Å². The van der Waals surface area contributed by atoms with E-state index in [0.717, 1.165) is 99.1 Å². The zero-order valence-corrected chi connectivity index (χ0v) is 52.9. The number of hydrogen-bond donors (Lipinski definition) is 2. The highest BCUT2D eigenvalue weighted by atomic mass is 79.9. The van der Waals surface area contributed by atoms with Gasteiger partial charge >= 0.3 is 0 Å². The average molecular weight is 1350 g/mol. The predicted molar refractivity (Wildman–Crippen MR) is 349 cm³/mol. The first kappa shape index (κ1) is 58.9. The molecule has 404 valence electrons. The third kappa shape index (κ3) is 15.0. The van der Waals surface area contributed by atoms with Crippen molar-refractivity contribution in [2.24, 2.45) is 0 Å². The minimum absolute atomic E-state index is 0.211. The third-order valence-corrected chi connectivity index (χ3v) is 17.0. The molecule has 0 spiro atoms. The van der Waals surface area contributed by atoms with Gasteiger partial charge in [0.2, 0.25) is 0 Å². The lowest BCUT2D eigenvalue weighted by Crippen LogP contribution is -2.04. The molecule has 6 nitrogen and oxygen atoms in total. The number of benzene rings is 8. The Kier molecular flexibility index (Phi) is 22.8. The van der Waals surface area contributed by atoms with Crippen LogP contribution in [0.25, 0.3) is 87.9 Å². The molecular formula is C66H73Br5N4O2. The minimum Gasteiger partial charge on any atom is -0.507 e. The number of hydrogen-bond acceptors (Lipinski definition) is 4. The summed E-state index contributed by atoms with van der Waals surface area (Å²) in [4.78, 5) is 13.7. The van der Waals surface area contributed by atoms with E-state index in [-0.39, 0.29) is 5.75 Å². The Bertz CT molecular complexity index is 3450. The van der Waals surface area contributed by atoms with E-state index in [2.05, 4.69) is 201 Å². The summed E-state index contributed by atoms with van der Waals surface area (Å²) in [5.41, 5.74) is 5.90. The number of phenols is 1. The summed E-state index contributed by atoms with van der Waals surface area (Å²) in [6, 6.07) is 41.5. The van der Waals surface area contributed by atoms with Crippen molar-refractivity contribution in [3.8, 4) is 34.3 Å². The number of nitrogens with one attached hydrogen (secondary N) is 1. The summed E-state index contributed by atoms with van der Waals surface area (Å²) in [5, 5.41) is 20.8. The number of aryl methyl sites for hydroxylation is 1. The van der Waals surface area contributed by atoms with Crippen molar-refractivity contribution < 1.29 is 9.84 Å². The third-order valence-electron chi connectivity index (χ3n) is 14.5. The Labute approximate surface area is 498 Å². The maximum Gasteiger partial charge on any atom is 0.144 e. The van der Waals surface area contributed by atoms with Gasteiger partial charge in [-0.25, -0.2) is 9.97 Å². The lowest BCUT2D eigenvalue weighted by molar-refractivity contribution is 0.305. The predicted octanol–water partition coefficient (Wildman–Crippen LogP) is 23.1. The van der Waals surface area contributed by atoms with Crippen LogP contribution in [0, 0.1) is 0 Å². The summed E-state index contributed by atoms with van der Waals surface area (Å²) < 4.78 is 13.1. The molecule has 0 radical (unpaired) electrons. The van der Waals surface area contributed by atoms with E-state index in [1.54, 1.807) is 12.1 Å². The maximum absolute atomic E-state index is 10.2. The normalized spacial score (nSPS) is 11.5. The largest absolute Gasteiger partial charge is 0.507 e. The molecule has 11 heteroatoms. The molecule has 0 amide bonds. The first-order valence-electron chi connectivity index (χ1n) is 28.1. The van der Waals surface area contributed by atoms with Gasteiger partial charge in [-0.05, 0) is 114 Å². The molecule has 0 unspecified atom stereocenters. The second kappa shape index (κ2) is 29.8. The first-order chi connectivity index (χ1) is 37.6. The van der Waals surface area contributed by atoms with Gasteiger partial charge in [-0.15, -0.1) is 0 Å². The summed E-state index contributed by atoms with van der Waals surface area (Å²) in [6.07, 6.45) is 23.5. The molecule has 0 atom stereocenters. The van der Waals surface area contributed by atoms with Gasteiger partial charge in [0.05, 0.1) is 39.8 Å². The molecule has 2 heterocycles. The number of fused-ring (bicyclic) bond motifs is 12. The Morgan fingerprint density at radius 2 is 0.935 bits per heavy atom. The van der Waals surface area contributed by atoms with Crippen LogP contribution in [0.4, 0.5) is 0 Å². The number of imidazole rings is 2. The van der Waals surface area contributed by atoms with Gasteiger partial charge in [0, 0.05) is 51.3 Å². The van der Waals surface area contributed by atoms with Crippen LogP contribution in [-0.4, -0.2) is 36.6 Å². The van der Waals surface area contributed by atoms with Gasteiger partial charge in [0.25, 0.3) is 0 Å². The second-order valence-corrected chi connectivity index (χ2v) is 24.7. The summed E-state index contributed by atoms with van der Waals surface area (Å²) in [7, 11) is 0. The van der Waals surface area contributed by atoms with Crippen LogP contribution in [0.5, 0.6) is 11.5 Å². The SMILES string of the molecule is CCCCCCCCBr.CCCCCCCCOc1ccccc1-c1nc2c3cc(Br)ccc3c3ccc(Br)cc3c2n1CCCCCCCC.Oc1ccccc1-c1nc2c3cc(Br)ccc3c3ccc(Br)cc3c2[nH]1. The van der Waals surface area contributed by atoms with Gasteiger partial charge in [-0.2, -0.15) is 0 Å². The molecule has 0 aliphatic heterocycles. The molecule has 77 heavy (non-hydrogen) atoms. The number of nitrogens with zero attached hydrogens (tertiary/aromatic N) is 3. The number of rotatable bonds is 23. The molecule has 0 saturated carbocycles. The zero-order valence-electron chi connectivity index (χ0n) is 45.0. The number of aromatic hydroxyl groups is 1. The highest BCUT2D eigenvalue weighted by Crippen LogP contribution is 2.42. The van der Waals surface area contributed by atoms with Crippen LogP contribution in [0.2, 0.25) is 0 Å². The van der Waals surface area contributed by atoms with Crippen molar-refractivity contribution in [3.05, 3.63) is 139 Å². The molecule has 10 rings (SSSR count). The number of H-pyrrole nitrogens is 1. The van der Waals surface area contributed by atoms with Gasteiger partial charge in [-0.3, -0.25) is 0 Å². The molecule has 0 aliphatic carbocycles. The van der Waals surface area contributed by atoms with Gasteiger partial charge in [0.15, 0.2) is 0 Å². The Morgan fingerprint density at radius 3 is 1.52 bits per heavy atom. The fourth-order valence-electron chi connectivity index (χ4n) is 10.5. The fourth-order valence-corrected chi connectivity index (χ4v) is 12.3. The highest BCUT2D eigenvalue weighted by molar-refractivity contribution is 9.11. The molecule has 2 N–H and O–H groups in total. The summed E-state index contributed by atoms with van der Waals surface area (Å²) in [5.74, 6) is 2.81. The zero-order chi connectivity index (χ0) is 54.1. The van der Waals surface area contributed by atoms with Crippen molar-refractivity contribution in [2.45, 2.75) is 143 Å². The highest BCUT2D eigenvalue weighted by Gasteiger charge is 2.22. The number of alkyl halides is 1. The van der Waals surface area contributed by atoms with Crippen molar-refractivity contribution >= 4 is 145 Å². The van der Waals surface area contributed by atoms with Crippen molar-refractivity contribution in [3.63, 3.8) is 0 Å². The molecule has 0 fully saturated rings. The van der Waals surface area contributed by atoms with E-state index in [4.69, 9.17) is 14.7 Å². The second-order valence-electron chi connectivity index (χ2n) is 20.2. The van der Waals surface area contributed by atoms with Crippen LogP contribution < -0.4 is 4.74 Å². The number of unbranched alkanes of at least 4 members (excludes halogenated alkanes) is 15. The summed E-state index contributed by atoms with van der Waals surface area (Å²) in [6.45, 7) is 8.48. The van der Waals surface area contributed by atoms with Crippen LogP contribution in [0.1, 0.15) is 136 Å². The Hall–Kier alpha value is -4.26. The molecule has 10 aromatic rings. The first-order valence-corrected chi connectivity index (χ1v) is 32.4. The number of para-hydroxylation sites is 2. The van der Waals surface area contributed by atoms with Crippen LogP contribution in [0.3, 0.4) is 0 Å². The number of aromatic amines is 1. The van der Waals surface area contributed by atoms with E-state index in [1.165, 1.54) is 135 Å². The van der Waals surface area contributed by atoms with E-state index in [1.807, 2.05) is 18.2 Å². The lowest BCUT2D eigenvalue weighted by atomic mass is 10.00. The lowest BCUT2D eigenvalue weighted by Gasteiger charge is -2.15. The number of phenolic OH excluding ortho intramolecular Hbond substituents is 1. The average Bonchev–Trinajstić information content (AvgIpc) is 4.07. The van der Waals surface area contributed by atoms with Crippen LogP contribution in [-0.2, 0) is 6.54 Å². The molecule has 2 aromatic heterocycles. The van der Waals surface area contributed by atoms with Gasteiger partial charge in [0.1, 0.15) is 23.1 Å².